The first kappa shape index (κ1) is 21.0. The Morgan fingerprint density at radius 1 is 1.36 bits per heavy atom. The quantitative estimate of drug-likeness (QED) is 0.419. The Hall–Kier alpha value is -2.00. The van der Waals surface area contributed by atoms with E-state index in [1.54, 1.807) is 20.8 Å². The highest BCUT2D eigenvalue weighted by molar-refractivity contribution is 7.99. The zero-order valence-electron chi connectivity index (χ0n) is 14.1. The average molecular weight is 390 g/mol. The van der Waals surface area contributed by atoms with E-state index in [-0.39, 0.29) is 22.4 Å². The summed E-state index contributed by atoms with van der Waals surface area (Å²) < 4.78 is 5.08. The number of hydrogen-bond acceptors (Lipinski definition) is 6. The number of nitro benzene ring substituents is 1. The van der Waals surface area contributed by atoms with Gasteiger partial charge in [0, 0.05) is 24.4 Å². The molecule has 0 saturated heterocycles. The third-order valence-corrected chi connectivity index (χ3v) is 3.86. The number of nitrogens with one attached hydrogen (secondary N) is 2. The van der Waals surface area contributed by atoms with Crippen LogP contribution in [0, 0.1) is 10.1 Å². The van der Waals surface area contributed by atoms with Crippen molar-refractivity contribution < 1.29 is 19.2 Å². The lowest BCUT2D eigenvalue weighted by atomic mass is 10.2. The van der Waals surface area contributed by atoms with Crippen LogP contribution in [0.2, 0.25) is 5.02 Å². The molecule has 0 radical (unpaired) electrons. The van der Waals surface area contributed by atoms with Crippen LogP contribution in [0.5, 0.6) is 0 Å². The van der Waals surface area contributed by atoms with Gasteiger partial charge in [-0.15, -0.1) is 0 Å². The minimum absolute atomic E-state index is 0.0964. The summed E-state index contributed by atoms with van der Waals surface area (Å²) in [7, 11) is 0. The highest BCUT2D eigenvalue weighted by Crippen LogP contribution is 2.26. The van der Waals surface area contributed by atoms with E-state index < -0.39 is 16.6 Å². The standard InChI is InChI=1S/C15H20ClN3O5S/c1-15(2,3)24-14(21)17-6-7-25-9-13(20)18-12-5-4-10(19(22)23)8-11(12)16/h4-5,8H,6-7,9H2,1-3H3,(H,17,21)(H,18,20). The fraction of sp³-hybridized carbons (Fsp3) is 0.467. The number of halogens is 1. The van der Waals surface area contributed by atoms with Gasteiger partial charge >= 0.3 is 6.09 Å². The monoisotopic (exact) mass is 389 g/mol. The molecule has 0 aromatic heterocycles. The van der Waals surface area contributed by atoms with Gasteiger partial charge in [0.05, 0.1) is 21.4 Å². The molecule has 0 aliphatic heterocycles. The summed E-state index contributed by atoms with van der Waals surface area (Å²) in [5.41, 5.74) is -0.392. The summed E-state index contributed by atoms with van der Waals surface area (Å²) >= 11 is 7.22. The normalized spacial score (nSPS) is 10.9. The first-order valence-corrected chi connectivity index (χ1v) is 8.90. The van der Waals surface area contributed by atoms with Gasteiger partial charge in [0.1, 0.15) is 5.60 Å². The van der Waals surface area contributed by atoms with Crippen LogP contribution in [0.25, 0.3) is 0 Å². The highest BCUT2D eigenvalue weighted by atomic mass is 35.5. The third kappa shape index (κ3) is 8.59. The highest BCUT2D eigenvalue weighted by Gasteiger charge is 2.15. The molecule has 0 unspecified atom stereocenters. The van der Waals surface area contributed by atoms with Crippen LogP contribution in [0.15, 0.2) is 18.2 Å². The second-order valence-corrected chi connectivity index (χ2v) is 7.46. The van der Waals surface area contributed by atoms with Gasteiger partial charge in [-0.2, -0.15) is 11.8 Å². The minimum Gasteiger partial charge on any atom is -0.444 e. The van der Waals surface area contributed by atoms with E-state index in [2.05, 4.69) is 10.6 Å². The zero-order valence-corrected chi connectivity index (χ0v) is 15.7. The number of ether oxygens (including phenoxy) is 1. The molecule has 138 valence electrons. The number of carbonyl (C=O) groups is 2. The Morgan fingerprint density at radius 2 is 2.04 bits per heavy atom. The Kier molecular flexibility index (Phi) is 7.98. The largest absolute Gasteiger partial charge is 0.444 e. The number of amides is 2. The molecule has 10 heteroatoms. The van der Waals surface area contributed by atoms with Crippen molar-refractivity contribution in [2.45, 2.75) is 26.4 Å². The molecule has 1 rings (SSSR count). The van der Waals surface area contributed by atoms with E-state index in [1.165, 1.54) is 30.0 Å². The predicted molar refractivity (Wildman–Crippen MR) is 98.3 cm³/mol. The van der Waals surface area contributed by atoms with Gasteiger partial charge in [0.25, 0.3) is 5.69 Å². The molecule has 0 saturated carbocycles. The predicted octanol–water partition coefficient (Wildman–Crippen LogP) is 3.44. The molecule has 1 aromatic carbocycles. The molecule has 2 amide bonds. The molecule has 0 aliphatic carbocycles. The maximum atomic E-state index is 11.8. The van der Waals surface area contributed by atoms with Crippen molar-refractivity contribution in [3.8, 4) is 0 Å². The molecule has 25 heavy (non-hydrogen) atoms. The molecule has 0 atom stereocenters. The van der Waals surface area contributed by atoms with Crippen molar-refractivity contribution in [3.63, 3.8) is 0 Å². The molecule has 2 N–H and O–H groups in total. The lowest BCUT2D eigenvalue weighted by molar-refractivity contribution is -0.384. The van der Waals surface area contributed by atoms with E-state index in [9.17, 15) is 19.7 Å². The summed E-state index contributed by atoms with van der Waals surface area (Å²) in [5.74, 6) is 0.391. The molecular weight excluding hydrogens is 370 g/mol. The molecule has 1 aromatic rings. The van der Waals surface area contributed by atoms with Crippen LogP contribution < -0.4 is 10.6 Å². The molecule has 0 fully saturated rings. The summed E-state index contributed by atoms with van der Waals surface area (Å²) in [6.45, 7) is 5.68. The summed E-state index contributed by atoms with van der Waals surface area (Å²) in [6.07, 6.45) is -0.504. The van der Waals surface area contributed by atoms with Gasteiger partial charge in [-0.25, -0.2) is 4.79 Å². The second-order valence-electron chi connectivity index (χ2n) is 5.95. The van der Waals surface area contributed by atoms with E-state index in [1.807, 2.05) is 0 Å². The van der Waals surface area contributed by atoms with Crippen molar-refractivity contribution in [3.05, 3.63) is 33.3 Å². The van der Waals surface area contributed by atoms with Crippen LogP contribution in [0.4, 0.5) is 16.2 Å². The maximum Gasteiger partial charge on any atom is 0.407 e. The average Bonchev–Trinajstić information content (AvgIpc) is 2.47. The number of non-ortho nitro benzene ring substituents is 1. The number of rotatable bonds is 7. The van der Waals surface area contributed by atoms with Crippen LogP contribution in [0.3, 0.4) is 0 Å². The summed E-state index contributed by atoms with van der Waals surface area (Å²) in [4.78, 5) is 33.3. The van der Waals surface area contributed by atoms with Crippen molar-refractivity contribution >= 4 is 46.7 Å². The van der Waals surface area contributed by atoms with Crippen LogP contribution in [-0.2, 0) is 9.53 Å². The van der Waals surface area contributed by atoms with Crippen LogP contribution >= 0.6 is 23.4 Å². The fourth-order valence-electron chi connectivity index (χ4n) is 1.61. The summed E-state index contributed by atoms with van der Waals surface area (Å²) in [6, 6.07) is 3.82. The first-order chi connectivity index (χ1) is 11.6. The van der Waals surface area contributed by atoms with Crippen molar-refractivity contribution in [2.24, 2.45) is 0 Å². The smallest absolute Gasteiger partial charge is 0.407 e. The van der Waals surface area contributed by atoms with Crippen LogP contribution in [0.1, 0.15) is 20.8 Å². The maximum absolute atomic E-state index is 11.8. The summed E-state index contributed by atoms with van der Waals surface area (Å²) in [5, 5.41) is 15.9. The van der Waals surface area contributed by atoms with E-state index >= 15 is 0 Å². The number of carbonyl (C=O) groups excluding carboxylic acids is 2. The van der Waals surface area contributed by atoms with Crippen molar-refractivity contribution in [1.82, 2.24) is 5.32 Å². The molecule has 0 spiro atoms. The molecule has 0 heterocycles. The SMILES string of the molecule is CC(C)(C)OC(=O)NCCSCC(=O)Nc1ccc([N+](=O)[O-])cc1Cl. The number of hydrogen-bond donors (Lipinski definition) is 2. The number of anilines is 1. The lowest BCUT2D eigenvalue weighted by Crippen LogP contribution is -2.33. The van der Waals surface area contributed by atoms with E-state index in [4.69, 9.17) is 16.3 Å². The fourth-order valence-corrected chi connectivity index (χ4v) is 2.48. The molecular formula is C15H20ClN3O5S. The number of nitrogens with zero attached hydrogens (tertiary/aromatic N) is 1. The zero-order chi connectivity index (χ0) is 19.0. The number of thioether (sulfide) groups is 1. The van der Waals surface area contributed by atoms with Crippen molar-refractivity contribution in [1.29, 1.82) is 0 Å². The van der Waals surface area contributed by atoms with Gasteiger partial charge in [0.2, 0.25) is 5.91 Å². The van der Waals surface area contributed by atoms with Crippen molar-refractivity contribution in [2.75, 3.05) is 23.4 Å². The van der Waals surface area contributed by atoms with E-state index in [0.29, 0.717) is 18.0 Å². The Bertz CT molecular complexity index is 649. The Labute approximate surface area is 154 Å². The minimum atomic E-state index is -0.564. The molecule has 8 nitrogen and oxygen atoms in total. The first-order valence-electron chi connectivity index (χ1n) is 7.37. The van der Waals surface area contributed by atoms with Gasteiger partial charge in [-0.05, 0) is 26.8 Å². The second kappa shape index (κ2) is 9.47. The third-order valence-electron chi connectivity index (χ3n) is 2.59. The number of alkyl carbamates (subject to hydrolysis) is 1. The Morgan fingerprint density at radius 3 is 2.60 bits per heavy atom. The van der Waals surface area contributed by atoms with Gasteiger partial charge in [0.15, 0.2) is 0 Å². The number of nitro groups is 1. The molecule has 0 aliphatic rings. The van der Waals surface area contributed by atoms with Gasteiger partial charge in [-0.3, -0.25) is 14.9 Å². The number of benzene rings is 1. The molecule has 0 bridgehead atoms. The Balaban J connectivity index is 2.30. The topological polar surface area (TPSA) is 111 Å². The van der Waals surface area contributed by atoms with Gasteiger partial charge in [-0.1, -0.05) is 11.6 Å². The van der Waals surface area contributed by atoms with Crippen LogP contribution in [-0.4, -0.2) is 40.6 Å². The van der Waals surface area contributed by atoms with E-state index in [0.717, 1.165) is 0 Å². The lowest BCUT2D eigenvalue weighted by Gasteiger charge is -2.19. The van der Waals surface area contributed by atoms with Gasteiger partial charge < -0.3 is 15.4 Å².